The van der Waals surface area contributed by atoms with Crippen LogP contribution in [0.1, 0.15) is 58.5 Å². The Morgan fingerprint density at radius 1 is 1.10 bits per heavy atom. The number of nitrogens with zero attached hydrogens (tertiary/aromatic N) is 7. The highest BCUT2D eigenvalue weighted by molar-refractivity contribution is 7.90. The van der Waals surface area contributed by atoms with Crippen molar-refractivity contribution in [1.82, 2.24) is 24.3 Å². The molecule has 2 heterocycles. The molecule has 0 bridgehead atoms. The maximum atomic E-state index is 12.4. The van der Waals surface area contributed by atoms with E-state index >= 15 is 0 Å². The Bertz CT molecular complexity index is 1100. The average Bonchev–Trinajstić information content (AvgIpc) is 3.13. The highest BCUT2D eigenvalue weighted by Crippen LogP contribution is 2.38. The van der Waals surface area contributed by atoms with Crippen LogP contribution in [0.5, 0.6) is 0 Å². The predicted molar refractivity (Wildman–Crippen MR) is 114 cm³/mol. The van der Waals surface area contributed by atoms with Crippen molar-refractivity contribution in [1.29, 1.82) is 5.26 Å². The van der Waals surface area contributed by atoms with Crippen molar-refractivity contribution in [2.75, 3.05) is 18.8 Å². The summed E-state index contributed by atoms with van der Waals surface area (Å²) in [5.41, 5.74) is 0.909. The van der Waals surface area contributed by atoms with Gasteiger partial charge in [0.05, 0.1) is 11.4 Å². The lowest BCUT2D eigenvalue weighted by molar-refractivity contribution is 0.526. The van der Waals surface area contributed by atoms with Gasteiger partial charge in [-0.15, -0.1) is 10.2 Å². The van der Waals surface area contributed by atoms with E-state index in [1.807, 2.05) is 41.5 Å². The molecule has 0 saturated carbocycles. The molecular weight excluding hydrogens is 406 g/mol. The van der Waals surface area contributed by atoms with Crippen LogP contribution < -0.4 is 4.72 Å². The van der Waals surface area contributed by atoms with Gasteiger partial charge in [0, 0.05) is 32.0 Å². The van der Waals surface area contributed by atoms with Gasteiger partial charge in [-0.2, -0.15) is 28.2 Å². The van der Waals surface area contributed by atoms with Crippen molar-refractivity contribution >= 4 is 27.5 Å². The number of rotatable bonds is 5. The molecule has 0 atom stereocenters. The van der Waals surface area contributed by atoms with Gasteiger partial charge in [-0.3, -0.25) is 9.82 Å². The number of azo groups is 1. The molecule has 0 unspecified atom stereocenters. The number of nitriles is 1. The first-order valence-electron chi connectivity index (χ1n) is 9.28. The summed E-state index contributed by atoms with van der Waals surface area (Å²) in [7, 11) is 0.668. The Kier molecular flexibility index (Phi) is 6.11. The number of anilines is 1. The molecule has 11 nitrogen and oxygen atoms in total. The molecule has 12 heteroatoms. The van der Waals surface area contributed by atoms with Gasteiger partial charge >= 0.3 is 10.2 Å². The molecule has 2 N–H and O–H groups in total. The zero-order valence-electron chi connectivity index (χ0n) is 18.9. The first-order valence-corrected chi connectivity index (χ1v) is 10.7. The smallest absolute Gasteiger partial charge is 0.258 e. The van der Waals surface area contributed by atoms with E-state index in [2.05, 4.69) is 36.3 Å². The maximum Gasteiger partial charge on any atom is 0.302 e. The topological polar surface area (TPSA) is 144 Å². The number of aromatic nitrogens is 4. The van der Waals surface area contributed by atoms with Crippen LogP contribution in [-0.4, -0.2) is 46.8 Å². The van der Waals surface area contributed by atoms with Crippen LogP contribution >= 0.6 is 0 Å². The zero-order valence-corrected chi connectivity index (χ0v) is 19.7. The molecule has 0 fully saturated rings. The summed E-state index contributed by atoms with van der Waals surface area (Å²) in [6, 6.07) is 2.12. The van der Waals surface area contributed by atoms with Gasteiger partial charge in [-0.05, 0) is 0 Å². The third-order valence-electron chi connectivity index (χ3n) is 4.26. The van der Waals surface area contributed by atoms with E-state index in [0.29, 0.717) is 17.0 Å². The summed E-state index contributed by atoms with van der Waals surface area (Å²) in [4.78, 5) is 0. The Hall–Kier alpha value is -2.78. The van der Waals surface area contributed by atoms with Crippen LogP contribution in [0.15, 0.2) is 10.2 Å². The molecule has 0 amide bonds. The number of hydrogen-bond donors (Lipinski definition) is 2. The van der Waals surface area contributed by atoms with E-state index in [-0.39, 0.29) is 22.7 Å². The van der Waals surface area contributed by atoms with E-state index in [1.165, 1.54) is 18.8 Å². The molecule has 0 radical (unpaired) electrons. The fourth-order valence-electron chi connectivity index (χ4n) is 2.59. The van der Waals surface area contributed by atoms with Crippen molar-refractivity contribution in [3.05, 3.63) is 17.0 Å². The second kappa shape index (κ2) is 7.81. The number of hydrogen-bond acceptors (Lipinski definition) is 7. The van der Waals surface area contributed by atoms with Crippen molar-refractivity contribution in [2.45, 2.75) is 52.4 Å². The number of H-pyrrole nitrogens is 1. The highest BCUT2D eigenvalue weighted by Gasteiger charge is 2.29. The number of nitrogens with one attached hydrogen (secondary N) is 2. The van der Waals surface area contributed by atoms with Crippen LogP contribution in [0.25, 0.3) is 0 Å². The summed E-state index contributed by atoms with van der Waals surface area (Å²) >= 11 is 0. The summed E-state index contributed by atoms with van der Waals surface area (Å²) in [6.07, 6.45) is 0. The highest BCUT2D eigenvalue weighted by atomic mass is 32.2. The van der Waals surface area contributed by atoms with E-state index in [9.17, 15) is 13.7 Å². The SMILES string of the molecule is CN(C)S(=O)(=O)Nc1c(/N=N/c2[nH]nc(C(C)(C)C)c2C#N)c(C(C)(C)C)nn1C. The minimum absolute atomic E-state index is 0.173. The largest absolute Gasteiger partial charge is 0.302 e. The minimum atomic E-state index is -3.79. The fourth-order valence-corrected chi connectivity index (χ4v) is 3.25. The second-order valence-corrected chi connectivity index (χ2v) is 11.1. The Morgan fingerprint density at radius 2 is 1.67 bits per heavy atom. The van der Waals surface area contributed by atoms with Gasteiger partial charge in [0.1, 0.15) is 11.6 Å². The van der Waals surface area contributed by atoms with Gasteiger partial charge < -0.3 is 0 Å². The lowest BCUT2D eigenvalue weighted by atomic mass is 9.90. The second-order valence-electron chi connectivity index (χ2n) is 9.17. The van der Waals surface area contributed by atoms with Crippen molar-refractivity contribution in [3.8, 4) is 6.07 Å². The van der Waals surface area contributed by atoms with Crippen LogP contribution in [0.3, 0.4) is 0 Å². The molecule has 0 aliphatic carbocycles. The van der Waals surface area contributed by atoms with Crippen LogP contribution in [0.2, 0.25) is 0 Å². The Labute approximate surface area is 177 Å². The molecule has 0 spiro atoms. The van der Waals surface area contributed by atoms with Crippen molar-refractivity contribution < 1.29 is 8.42 Å². The number of aromatic amines is 1. The predicted octanol–water partition coefficient (Wildman–Crippen LogP) is 3.24. The Morgan fingerprint density at radius 3 is 2.13 bits per heavy atom. The first-order chi connectivity index (χ1) is 13.6. The van der Waals surface area contributed by atoms with Crippen LogP contribution in [0.4, 0.5) is 17.3 Å². The van der Waals surface area contributed by atoms with Gasteiger partial charge in [0.25, 0.3) is 0 Å². The Balaban J connectivity index is 2.64. The minimum Gasteiger partial charge on any atom is -0.258 e. The number of aryl methyl sites for hydroxylation is 1. The third-order valence-corrected chi connectivity index (χ3v) is 5.67. The monoisotopic (exact) mass is 435 g/mol. The van der Waals surface area contributed by atoms with Gasteiger partial charge in [-0.1, -0.05) is 41.5 Å². The summed E-state index contributed by atoms with van der Waals surface area (Å²) in [5.74, 6) is 0.374. The van der Waals surface area contributed by atoms with Crippen molar-refractivity contribution in [2.24, 2.45) is 17.3 Å². The molecule has 2 rings (SSSR count). The third kappa shape index (κ3) is 4.68. The van der Waals surface area contributed by atoms with Gasteiger partial charge in [-0.25, -0.2) is 4.68 Å². The average molecular weight is 436 g/mol. The normalized spacial score (nSPS) is 13.2. The first kappa shape index (κ1) is 23.5. The van der Waals surface area contributed by atoms with Crippen LogP contribution in [-0.2, 0) is 28.1 Å². The standard InChI is InChI=1S/C18H29N9O2S/c1-17(2,3)13-11(10-19)15(23-21-13)22-20-12-14(18(4,5)6)24-27(9)16(12)25-30(28,29)26(7)8/h25H,1-9H3,(H,21,23)/b22-20+. The molecule has 0 aromatic carbocycles. The van der Waals surface area contributed by atoms with E-state index in [0.717, 1.165) is 4.31 Å². The lowest BCUT2D eigenvalue weighted by Gasteiger charge is -2.16. The summed E-state index contributed by atoms with van der Waals surface area (Å²) in [6.45, 7) is 11.6. The summed E-state index contributed by atoms with van der Waals surface area (Å²) < 4.78 is 29.7. The maximum absolute atomic E-state index is 12.4. The molecule has 2 aromatic heterocycles. The van der Waals surface area contributed by atoms with E-state index in [4.69, 9.17) is 0 Å². The molecule has 30 heavy (non-hydrogen) atoms. The van der Waals surface area contributed by atoms with E-state index < -0.39 is 15.6 Å². The molecule has 2 aromatic rings. The molecular formula is C18H29N9O2S. The lowest BCUT2D eigenvalue weighted by Crippen LogP contribution is -2.29. The zero-order chi connectivity index (χ0) is 23.1. The van der Waals surface area contributed by atoms with Crippen LogP contribution in [0, 0.1) is 11.3 Å². The quantitative estimate of drug-likeness (QED) is 0.693. The molecule has 0 aliphatic heterocycles. The molecule has 0 aliphatic rings. The van der Waals surface area contributed by atoms with Gasteiger partial charge in [0.2, 0.25) is 0 Å². The molecule has 164 valence electrons. The van der Waals surface area contributed by atoms with E-state index in [1.54, 1.807) is 7.05 Å². The van der Waals surface area contributed by atoms with Crippen molar-refractivity contribution in [3.63, 3.8) is 0 Å². The van der Waals surface area contributed by atoms with Gasteiger partial charge in [0.15, 0.2) is 17.3 Å². The molecule has 0 saturated heterocycles. The fraction of sp³-hybridized carbons (Fsp3) is 0.611. The summed E-state index contributed by atoms with van der Waals surface area (Å²) in [5, 5.41) is 29.5.